The van der Waals surface area contributed by atoms with Gasteiger partial charge in [0.15, 0.2) is 9.84 Å². The molecule has 2 aromatic rings. The molecule has 0 aliphatic carbocycles. The number of fused-ring (bicyclic) bond motifs is 1. The SMILES string of the molecule is Cc1nc2cc(N)ccc2n1C1CCS(=O)(=O)C1. The van der Waals surface area contributed by atoms with Crippen molar-refractivity contribution in [3.63, 3.8) is 0 Å². The molecule has 1 saturated heterocycles. The van der Waals surface area contributed by atoms with E-state index in [-0.39, 0.29) is 17.5 Å². The van der Waals surface area contributed by atoms with Crippen LogP contribution in [0.25, 0.3) is 11.0 Å². The molecule has 0 radical (unpaired) electrons. The summed E-state index contributed by atoms with van der Waals surface area (Å²) in [7, 11) is -2.89. The van der Waals surface area contributed by atoms with Crippen LogP contribution in [0, 0.1) is 6.92 Å². The molecule has 1 aliphatic heterocycles. The van der Waals surface area contributed by atoms with Gasteiger partial charge >= 0.3 is 0 Å². The highest BCUT2D eigenvalue weighted by molar-refractivity contribution is 7.91. The van der Waals surface area contributed by atoms with Gasteiger partial charge in [-0.3, -0.25) is 0 Å². The molecular formula is C12H15N3O2S. The average molecular weight is 265 g/mol. The van der Waals surface area contributed by atoms with E-state index >= 15 is 0 Å². The number of hydrogen-bond acceptors (Lipinski definition) is 4. The van der Waals surface area contributed by atoms with E-state index in [2.05, 4.69) is 4.98 Å². The van der Waals surface area contributed by atoms with Gasteiger partial charge in [0, 0.05) is 5.69 Å². The van der Waals surface area contributed by atoms with Crippen molar-refractivity contribution in [1.82, 2.24) is 9.55 Å². The van der Waals surface area contributed by atoms with E-state index in [4.69, 9.17) is 5.73 Å². The van der Waals surface area contributed by atoms with Crippen LogP contribution in [-0.4, -0.2) is 29.5 Å². The van der Waals surface area contributed by atoms with Crippen LogP contribution in [0.2, 0.25) is 0 Å². The lowest BCUT2D eigenvalue weighted by atomic mass is 10.2. The Balaban J connectivity index is 2.15. The van der Waals surface area contributed by atoms with Gasteiger partial charge in [0.25, 0.3) is 0 Å². The number of nitrogens with zero attached hydrogens (tertiary/aromatic N) is 2. The molecule has 1 unspecified atom stereocenters. The number of anilines is 1. The number of hydrogen-bond donors (Lipinski definition) is 1. The Kier molecular flexibility index (Phi) is 2.38. The molecule has 1 atom stereocenters. The smallest absolute Gasteiger partial charge is 0.152 e. The molecule has 6 heteroatoms. The molecule has 2 heterocycles. The zero-order chi connectivity index (χ0) is 12.9. The monoisotopic (exact) mass is 265 g/mol. The zero-order valence-corrected chi connectivity index (χ0v) is 10.9. The second-order valence-electron chi connectivity index (χ2n) is 4.83. The highest BCUT2D eigenvalue weighted by atomic mass is 32.2. The van der Waals surface area contributed by atoms with Gasteiger partial charge in [-0.15, -0.1) is 0 Å². The molecule has 0 spiro atoms. The van der Waals surface area contributed by atoms with Gasteiger partial charge in [0.2, 0.25) is 0 Å². The lowest BCUT2D eigenvalue weighted by Crippen LogP contribution is -2.12. The fourth-order valence-electron chi connectivity index (χ4n) is 2.68. The third kappa shape index (κ3) is 1.77. The standard InChI is InChI=1S/C12H15N3O2S/c1-8-14-11-6-9(13)2-3-12(11)15(8)10-4-5-18(16,17)7-10/h2-3,6,10H,4-5,7,13H2,1H3. The normalized spacial score (nSPS) is 22.6. The minimum atomic E-state index is -2.89. The third-order valence-electron chi connectivity index (χ3n) is 3.46. The van der Waals surface area contributed by atoms with Gasteiger partial charge in [0.1, 0.15) is 5.82 Å². The molecule has 2 N–H and O–H groups in total. The van der Waals surface area contributed by atoms with Crippen LogP contribution in [0.15, 0.2) is 18.2 Å². The minimum absolute atomic E-state index is 0.00336. The van der Waals surface area contributed by atoms with E-state index in [9.17, 15) is 8.42 Å². The minimum Gasteiger partial charge on any atom is -0.399 e. The molecular weight excluding hydrogens is 250 g/mol. The summed E-state index contributed by atoms with van der Waals surface area (Å²) in [5.74, 6) is 1.33. The highest BCUT2D eigenvalue weighted by Crippen LogP contribution is 2.29. The maximum absolute atomic E-state index is 11.6. The van der Waals surface area contributed by atoms with Gasteiger partial charge < -0.3 is 10.3 Å². The summed E-state index contributed by atoms with van der Waals surface area (Å²) in [4.78, 5) is 4.45. The van der Waals surface area contributed by atoms with Gasteiger partial charge in [-0.1, -0.05) is 0 Å². The van der Waals surface area contributed by atoms with Crippen molar-refractivity contribution >= 4 is 26.6 Å². The number of aromatic nitrogens is 2. The van der Waals surface area contributed by atoms with Crippen molar-refractivity contribution < 1.29 is 8.42 Å². The Hall–Kier alpha value is -1.56. The first kappa shape index (κ1) is 11.5. The predicted molar refractivity (Wildman–Crippen MR) is 71.2 cm³/mol. The van der Waals surface area contributed by atoms with Crippen LogP contribution < -0.4 is 5.73 Å². The van der Waals surface area contributed by atoms with Crippen LogP contribution in [0.5, 0.6) is 0 Å². The summed E-state index contributed by atoms with van der Waals surface area (Å²) in [5.41, 5.74) is 8.20. The lowest BCUT2D eigenvalue weighted by molar-refractivity contribution is 0.556. The summed E-state index contributed by atoms with van der Waals surface area (Å²) < 4.78 is 25.2. The summed E-state index contributed by atoms with van der Waals surface area (Å²) >= 11 is 0. The van der Waals surface area contributed by atoms with Crippen molar-refractivity contribution in [2.45, 2.75) is 19.4 Å². The molecule has 96 valence electrons. The van der Waals surface area contributed by atoms with E-state index in [0.717, 1.165) is 16.9 Å². The summed E-state index contributed by atoms with van der Waals surface area (Å²) in [6.07, 6.45) is 0.666. The molecule has 5 nitrogen and oxygen atoms in total. The first-order valence-corrected chi connectivity index (χ1v) is 7.73. The number of imidazole rings is 1. The maximum Gasteiger partial charge on any atom is 0.152 e. The Morgan fingerprint density at radius 1 is 1.44 bits per heavy atom. The number of benzene rings is 1. The molecule has 1 aromatic heterocycles. The predicted octanol–water partition coefficient (Wildman–Crippen LogP) is 1.29. The maximum atomic E-state index is 11.6. The highest BCUT2D eigenvalue weighted by Gasteiger charge is 2.30. The van der Waals surface area contributed by atoms with Crippen molar-refractivity contribution in [3.05, 3.63) is 24.0 Å². The van der Waals surface area contributed by atoms with Crippen molar-refractivity contribution in [2.24, 2.45) is 0 Å². The van der Waals surface area contributed by atoms with Crippen LogP contribution in [0.3, 0.4) is 0 Å². The lowest BCUT2D eigenvalue weighted by Gasteiger charge is -2.13. The van der Waals surface area contributed by atoms with Crippen LogP contribution in [-0.2, 0) is 9.84 Å². The van der Waals surface area contributed by atoms with Crippen molar-refractivity contribution in [1.29, 1.82) is 0 Å². The Bertz CT molecular complexity index is 718. The quantitative estimate of drug-likeness (QED) is 0.788. The zero-order valence-electron chi connectivity index (χ0n) is 10.1. The average Bonchev–Trinajstić information content (AvgIpc) is 2.77. The van der Waals surface area contributed by atoms with E-state index in [0.29, 0.717) is 12.1 Å². The fourth-order valence-corrected chi connectivity index (χ4v) is 4.38. The molecule has 1 fully saturated rings. The van der Waals surface area contributed by atoms with Crippen LogP contribution >= 0.6 is 0 Å². The van der Waals surface area contributed by atoms with Crippen LogP contribution in [0.1, 0.15) is 18.3 Å². The van der Waals surface area contributed by atoms with E-state index in [1.807, 2.05) is 29.7 Å². The van der Waals surface area contributed by atoms with Gasteiger partial charge in [-0.25, -0.2) is 13.4 Å². The summed E-state index contributed by atoms with van der Waals surface area (Å²) in [6, 6.07) is 5.56. The molecule has 1 aromatic carbocycles. The fraction of sp³-hybridized carbons (Fsp3) is 0.417. The molecule has 1 aliphatic rings. The number of rotatable bonds is 1. The van der Waals surface area contributed by atoms with Crippen molar-refractivity contribution in [3.8, 4) is 0 Å². The molecule has 0 bridgehead atoms. The second kappa shape index (κ2) is 3.71. The Labute approximate surface area is 106 Å². The van der Waals surface area contributed by atoms with E-state index < -0.39 is 9.84 Å². The number of nitrogen functional groups attached to an aromatic ring is 1. The summed E-state index contributed by atoms with van der Waals surface area (Å²) in [5, 5.41) is 0. The van der Waals surface area contributed by atoms with E-state index in [1.165, 1.54) is 0 Å². The van der Waals surface area contributed by atoms with Gasteiger partial charge in [-0.2, -0.15) is 0 Å². The Morgan fingerprint density at radius 2 is 2.22 bits per heavy atom. The molecule has 0 amide bonds. The van der Waals surface area contributed by atoms with E-state index in [1.54, 1.807) is 0 Å². The second-order valence-corrected chi connectivity index (χ2v) is 7.06. The van der Waals surface area contributed by atoms with Crippen LogP contribution in [0.4, 0.5) is 5.69 Å². The first-order chi connectivity index (χ1) is 8.46. The topological polar surface area (TPSA) is 78.0 Å². The van der Waals surface area contributed by atoms with Gasteiger partial charge in [0.05, 0.1) is 28.6 Å². The third-order valence-corrected chi connectivity index (χ3v) is 5.21. The van der Waals surface area contributed by atoms with Gasteiger partial charge in [-0.05, 0) is 31.5 Å². The van der Waals surface area contributed by atoms with Crippen molar-refractivity contribution in [2.75, 3.05) is 17.2 Å². The number of aryl methyl sites for hydroxylation is 1. The summed E-state index contributed by atoms with van der Waals surface area (Å²) in [6.45, 7) is 1.90. The molecule has 18 heavy (non-hydrogen) atoms. The first-order valence-electron chi connectivity index (χ1n) is 5.91. The molecule has 3 rings (SSSR count). The Morgan fingerprint density at radius 3 is 2.89 bits per heavy atom. The number of nitrogens with two attached hydrogens (primary N) is 1. The molecule has 0 saturated carbocycles. The number of sulfone groups is 1. The largest absolute Gasteiger partial charge is 0.399 e.